The predicted molar refractivity (Wildman–Crippen MR) is 27.7 cm³/mol. The molecule has 0 amide bonds. The molecule has 0 unspecified atom stereocenters. The molecule has 0 aliphatic rings. The Morgan fingerprint density at radius 1 is 1.11 bits per heavy atom. The fraction of sp³-hybridized carbons (Fsp3) is 0.500. The van der Waals surface area contributed by atoms with Gasteiger partial charge in [-0.15, -0.1) is 0 Å². The Morgan fingerprint density at radius 2 is 1.11 bits per heavy atom. The van der Waals surface area contributed by atoms with Crippen molar-refractivity contribution < 1.29 is 40.1 Å². The number of carboxylic acids is 2. The molecular weight excluding hydrogens is 119 g/mol. The van der Waals surface area contributed by atoms with Crippen LogP contribution in [0, 0.1) is 0 Å². The first-order chi connectivity index (χ1) is 3.46. The molecule has 2 N–H and O–H groups in total. The van der Waals surface area contributed by atoms with Crippen molar-refractivity contribution in [3.63, 3.8) is 0 Å². The van der Waals surface area contributed by atoms with Crippen LogP contribution in [0.4, 0.5) is 0 Å². The molecule has 0 saturated carbocycles. The second-order valence-corrected chi connectivity index (χ2v) is 1.04. The Labute approximate surface area is 66.5 Å². The molecule has 9 heavy (non-hydrogen) atoms. The minimum absolute atomic E-state index is 0. The van der Waals surface area contributed by atoms with Crippen LogP contribution in [0.2, 0.25) is 0 Å². The molecule has 5 heteroatoms. The topological polar surface area (TPSA) is 74.6 Å². The van der Waals surface area contributed by atoms with Gasteiger partial charge in [-0.3, -0.25) is 9.59 Å². The summed E-state index contributed by atoms with van der Waals surface area (Å²) in [7, 11) is 0. The van der Waals surface area contributed by atoms with Gasteiger partial charge < -0.3 is 11.6 Å². The Morgan fingerprint density at radius 3 is 1.11 bits per heavy atom. The monoisotopic (exact) mass is 128 g/mol. The van der Waals surface area contributed by atoms with Gasteiger partial charge in [0.1, 0.15) is 0 Å². The van der Waals surface area contributed by atoms with Crippen molar-refractivity contribution in [3.05, 3.63) is 0 Å². The first-order valence-electron chi connectivity index (χ1n) is 1.86. The predicted octanol–water partition coefficient (Wildman–Crippen LogP) is -2.70. The number of rotatable bonds is 0. The third kappa shape index (κ3) is 1080. The van der Waals surface area contributed by atoms with Crippen LogP contribution in [0.1, 0.15) is 15.3 Å². The van der Waals surface area contributed by atoms with Gasteiger partial charge in [-0.2, -0.15) is 0 Å². The van der Waals surface area contributed by atoms with Gasteiger partial charge in [0, 0.05) is 13.8 Å². The summed E-state index contributed by atoms with van der Waals surface area (Å²) in [5.74, 6) is -1.67. The SMILES string of the molecule is CC(=O)O.CC(=O)O.[H-].[Li+]. The van der Waals surface area contributed by atoms with Crippen molar-refractivity contribution in [1.82, 2.24) is 0 Å². The zero-order valence-corrected chi connectivity index (χ0v) is 5.71. The molecule has 0 rings (SSSR count). The van der Waals surface area contributed by atoms with E-state index in [2.05, 4.69) is 0 Å². The van der Waals surface area contributed by atoms with Crippen molar-refractivity contribution in [1.29, 1.82) is 0 Å². The molecule has 0 aromatic heterocycles. The number of hydrogen-bond donors (Lipinski definition) is 2. The molecule has 0 aromatic carbocycles. The molecule has 0 aliphatic heterocycles. The van der Waals surface area contributed by atoms with E-state index < -0.39 is 11.9 Å². The molecule has 0 spiro atoms. The van der Waals surface area contributed by atoms with Crippen LogP contribution >= 0.6 is 0 Å². The summed E-state index contributed by atoms with van der Waals surface area (Å²) in [6.07, 6.45) is 0. The summed E-state index contributed by atoms with van der Waals surface area (Å²) < 4.78 is 0. The Bertz CT molecular complexity index is 75.3. The van der Waals surface area contributed by atoms with Crippen LogP contribution < -0.4 is 18.9 Å². The van der Waals surface area contributed by atoms with Gasteiger partial charge in [0.2, 0.25) is 0 Å². The number of hydrogen-bond acceptors (Lipinski definition) is 2. The van der Waals surface area contributed by atoms with E-state index in [1.165, 1.54) is 0 Å². The quantitative estimate of drug-likeness (QED) is 0.348. The van der Waals surface area contributed by atoms with Gasteiger partial charge in [-0.25, -0.2) is 0 Å². The summed E-state index contributed by atoms with van der Waals surface area (Å²) in [5.41, 5.74) is 0. The fourth-order valence-corrected chi connectivity index (χ4v) is 0. The van der Waals surface area contributed by atoms with Crippen LogP contribution in [0.25, 0.3) is 0 Å². The van der Waals surface area contributed by atoms with Crippen LogP contribution in [0.5, 0.6) is 0 Å². The molecule has 0 bridgehead atoms. The van der Waals surface area contributed by atoms with Crippen LogP contribution in [-0.4, -0.2) is 22.2 Å². The standard InChI is InChI=1S/2C2H4O2.Li.H/c2*1-2(3)4;;/h2*1H3,(H,3,4);;/q;;+1;-1. The molecule has 0 saturated heterocycles. The summed E-state index contributed by atoms with van der Waals surface area (Å²) >= 11 is 0. The number of aliphatic carboxylic acids is 2. The van der Waals surface area contributed by atoms with E-state index in [4.69, 9.17) is 19.8 Å². The minimum Gasteiger partial charge on any atom is -1.00 e. The average Bonchev–Trinajstić information content (AvgIpc) is 1.25. The van der Waals surface area contributed by atoms with Gasteiger partial charge in [0.25, 0.3) is 11.9 Å². The zero-order valence-electron chi connectivity index (χ0n) is 6.71. The number of carboxylic acid groups (broad SMARTS) is 2. The zero-order chi connectivity index (χ0) is 7.15. The molecule has 0 heterocycles. The largest absolute Gasteiger partial charge is 1.00 e. The first-order valence-corrected chi connectivity index (χ1v) is 1.86. The van der Waals surface area contributed by atoms with E-state index in [0.29, 0.717) is 0 Å². The Hall–Kier alpha value is -0.463. The minimum atomic E-state index is -0.833. The van der Waals surface area contributed by atoms with E-state index in [-0.39, 0.29) is 20.3 Å². The molecule has 0 aliphatic carbocycles. The van der Waals surface area contributed by atoms with Crippen LogP contribution in [0.3, 0.4) is 0 Å². The normalized spacial score (nSPS) is 5.56. The summed E-state index contributed by atoms with van der Waals surface area (Å²) in [6, 6.07) is 0. The molecular formula is C4H9LiO4. The van der Waals surface area contributed by atoms with Gasteiger partial charge in [-0.1, -0.05) is 0 Å². The van der Waals surface area contributed by atoms with Crippen molar-refractivity contribution in [2.75, 3.05) is 0 Å². The third-order valence-electron chi connectivity index (χ3n) is 0. The van der Waals surface area contributed by atoms with Crippen LogP contribution in [-0.2, 0) is 9.59 Å². The number of carbonyl (C=O) groups is 2. The van der Waals surface area contributed by atoms with E-state index >= 15 is 0 Å². The van der Waals surface area contributed by atoms with Crippen molar-refractivity contribution in [3.8, 4) is 0 Å². The summed E-state index contributed by atoms with van der Waals surface area (Å²) in [4.78, 5) is 18.0. The molecule has 0 aromatic rings. The van der Waals surface area contributed by atoms with E-state index in [1.54, 1.807) is 0 Å². The van der Waals surface area contributed by atoms with Crippen molar-refractivity contribution in [2.24, 2.45) is 0 Å². The average molecular weight is 128 g/mol. The summed E-state index contributed by atoms with van der Waals surface area (Å²) in [6.45, 7) is 2.17. The third-order valence-corrected chi connectivity index (χ3v) is 0. The molecule has 0 atom stereocenters. The second kappa shape index (κ2) is 10.5. The Kier molecular flexibility index (Phi) is 18.5. The molecule has 0 fully saturated rings. The van der Waals surface area contributed by atoms with E-state index in [9.17, 15) is 0 Å². The van der Waals surface area contributed by atoms with Gasteiger partial charge >= 0.3 is 18.9 Å². The Balaban J connectivity index is -0.0000000300. The van der Waals surface area contributed by atoms with Crippen LogP contribution in [0.15, 0.2) is 0 Å². The van der Waals surface area contributed by atoms with Gasteiger partial charge in [-0.05, 0) is 0 Å². The molecule has 4 nitrogen and oxygen atoms in total. The van der Waals surface area contributed by atoms with Crippen molar-refractivity contribution >= 4 is 11.9 Å². The molecule has 50 valence electrons. The fourth-order valence-electron chi connectivity index (χ4n) is 0. The van der Waals surface area contributed by atoms with E-state index in [1.807, 2.05) is 0 Å². The van der Waals surface area contributed by atoms with Crippen molar-refractivity contribution in [2.45, 2.75) is 13.8 Å². The second-order valence-electron chi connectivity index (χ2n) is 1.04. The first kappa shape index (κ1) is 15.8. The smallest absolute Gasteiger partial charge is 1.00 e. The van der Waals surface area contributed by atoms with Gasteiger partial charge in [0.05, 0.1) is 0 Å². The molecule has 0 radical (unpaired) electrons. The summed E-state index contributed by atoms with van der Waals surface area (Å²) in [5, 5.41) is 14.8. The maximum atomic E-state index is 9.00. The van der Waals surface area contributed by atoms with Gasteiger partial charge in [0.15, 0.2) is 0 Å². The maximum Gasteiger partial charge on any atom is 1.00 e. The van der Waals surface area contributed by atoms with E-state index in [0.717, 1.165) is 13.8 Å². The maximum absolute atomic E-state index is 9.00.